The second kappa shape index (κ2) is 7.01. The molecule has 0 aromatic carbocycles. The third-order valence-corrected chi connectivity index (χ3v) is 3.63. The van der Waals surface area contributed by atoms with Crippen LogP contribution in [0, 0.1) is 0 Å². The molecule has 1 aromatic heterocycles. The van der Waals surface area contributed by atoms with Crippen LogP contribution in [0.15, 0.2) is 28.2 Å². The first-order valence-electron chi connectivity index (χ1n) is 6.99. The predicted octanol–water partition coefficient (Wildman–Crippen LogP) is 4.86. The van der Waals surface area contributed by atoms with Gasteiger partial charge in [0.05, 0.1) is 6.04 Å². The number of hydrogen-bond donors (Lipinski definition) is 1. The Morgan fingerprint density at radius 1 is 1.33 bits per heavy atom. The van der Waals surface area contributed by atoms with Crippen molar-refractivity contribution >= 4 is 11.6 Å². The van der Waals surface area contributed by atoms with Crippen molar-refractivity contribution in [1.82, 2.24) is 5.32 Å². The molecule has 2 rings (SSSR count). The Hall–Kier alpha value is -0.730. The standard InChI is InChI=1S/C15H22ClNO/c1-2-11-17-15(13-9-10-14(16)18-13)12-7-5-3-4-6-8-12/h7,9-10,15,17H,2-6,8,11H2,1H3. The van der Waals surface area contributed by atoms with Crippen molar-refractivity contribution in [3.63, 3.8) is 0 Å². The van der Waals surface area contributed by atoms with Crippen LogP contribution in [0.1, 0.15) is 57.3 Å². The average Bonchev–Trinajstić information content (AvgIpc) is 2.65. The highest BCUT2D eigenvalue weighted by molar-refractivity contribution is 6.28. The molecule has 100 valence electrons. The van der Waals surface area contributed by atoms with E-state index in [1.807, 2.05) is 12.1 Å². The molecule has 18 heavy (non-hydrogen) atoms. The Kier molecular flexibility index (Phi) is 5.33. The minimum absolute atomic E-state index is 0.204. The lowest BCUT2D eigenvalue weighted by atomic mass is 10.00. The van der Waals surface area contributed by atoms with Gasteiger partial charge in [-0.25, -0.2) is 0 Å². The van der Waals surface area contributed by atoms with Crippen LogP contribution in [0.5, 0.6) is 0 Å². The fourth-order valence-electron chi connectivity index (χ4n) is 2.49. The molecule has 1 atom stereocenters. The lowest BCUT2D eigenvalue weighted by Gasteiger charge is -2.19. The number of allylic oxidation sites excluding steroid dienone is 1. The van der Waals surface area contributed by atoms with E-state index < -0.39 is 0 Å². The first-order chi connectivity index (χ1) is 8.81. The van der Waals surface area contributed by atoms with E-state index in [-0.39, 0.29) is 6.04 Å². The number of rotatable bonds is 5. The molecule has 1 aliphatic rings. The second-order valence-electron chi connectivity index (χ2n) is 4.91. The highest BCUT2D eigenvalue weighted by atomic mass is 35.5. The Labute approximate surface area is 114 Å². The first-order valence-corrected chi connectivity index (χ1v) is 7.36. The van der Waals surface area contributed by atoms with Crippen LogP contribution in [0.4, 0.5) is 0 Å². The van der Waals surface area contributed by atoms with Gasteiger partial charge in [-0.05, 0) is 68.0 Å². The van der Waals surface area contributed by atoms with E-state index >= 15 is 0 Å². The molecule has 0 amide bonds. The van der Waals surface area contributed by atoms with E-state index in [9.17, 15) is 0 Å². The second-order valence-corrected chi connectivity index (χ2v) is 5.28. The summed E-state index contributed by atoms with van der Waals surface area (Å²) in [7, 11) is 0. The molecule has 3 heteroatoms. The van der Waals surface area contributed by atoms with Crippen molar-refractivity contribution in [2.24, 2.45) is 0 Å². The van der Waals surface area contributed by atoms with E-state index in [1.54, 1.807) is 0 Å². The Morgan fingerprint density at radius 2 is 2.22 bits per heavy atom. The van der Waals surface area contributed by atoms with E-state index in [2.05, 4.69) is 18.3 Å². The highest BCUT2D eigenvalue weighted by Gasteiger charge is 2.20. The van der Waals surface area contributed by atoms with Gasteiger partial charge in [-0.1, -0.05) is 19.4 Å². The summed E-state index contributed by atoms with van der Waals surface area (Å²) < 4.78 is 5.60. The SMILES string of the molecule is CCCNC(C1=CCCCCC1)c1ccc(Cl)o1. The minimum atomic E-state index is 0.204. The number of furan rings is 1. The lowest BCUT2D eigenvalue weighted by molar-refractivity contribution is 0.437. The van der Waals surface area contributed by atoms with Gasteiger partial charge in [0.2, 0.25) is 0 Å². The number of hydrogen-bond acceptors (Lipinski definition) is 2. The minimum Gasteiger partial charge on any atom is -0.448 e. The zero-order valence-corrected chi connectivity index (χ0v) is 11.8. The molecular weight excluding hydrogens is 246 g/mol. The molecule has 1 unspecified atom stereocenters. The highest BCUT2D eigenvalue weighted by Crippen LogP contribution is 2.31. The van der Waals surface area contributed by atoms with Gasteiger partial charge in [-0.2, -0.15) is 0 Å². The quantitative estimate of drug-likeness (QED) is 0.771. The van der Waals surface area contributed by atoms with Gasteiger partial charge >= 0.3 is 0 Å². The maximum atomic E-state index is 5.90. The molecular formula is C15H22ClNO. The van der Waals surface area contributed by atoms with Crippen molar-refractivity contribution in [3.05, 3.63) is 34.8 Å². The van der Waals surface area contributed by atoms with Crippen LogP contribution in [-0.4, -0.2) is 6.54 Å². The Balaban J connectivity index is 2.15. The van der Waals surface area contributed by atoms with Gasteiger partial charge in [0.15, 0.2) is 5.22 Å². The number of nitrogens with one attached hydrogen (secondary N) is 1. The normalized spacial score (nSPS) is 18.2. The van der Waals surface area contributed by atoms with Crippen LogP contribution >= 0.6 is 11.6 Å². The summed E-state index contributed by atoms with van der Waals surface area (Å²) in [5, 5.41) is 4.05. The molecule has 0 spiro atoms. The zero-order valence-electron chi connectivity index (χ0n) is 11.0. The van der Waals surface area contributed by atoms with Gasteiger partial charge in [-0.15, -0.1) is 0 Å². The van der Waals surface area contributed by atoms with E-state index in [0.29, 0.717) is 5.22 Å². The molecule has 0 aliphatic heterocycles. The predicted molar refractivity (Wildman–Crippen MR) is 75.9 cm³/mol. The van der Waals surface area contributed by atoms with Gasteiger partial charge in [0.25, 0.3) is 0 Å². The topological polar surface area (TPSA) is 25.2 Å². The van der Waals surface area contributed by atoms with Crippen molar-refractivity contribution < 1.29 is 4.42 Å². The summed E-state index contributed by atoms with van der Waals surface area (Å²) >= 11 is 5.90. The third kappa shape index (κ3) is 3.63. The zero-order chi connectivity index (χ0) is 12.8. The molecule has 0 radical (unpaired) electrons. The Bertz CT molecular complexity index is 397. The molecule has 2 nitrogen and oxygen atoms in total. The summed E-state index contributed by atoms with van der Waals surface area (Å²) in [5.41, 5.74) is 1.46. The van der Waals surface area contributed by atoms with Crippen molar-refractivity contribution in [1.29, 1.82) is 0 Å². The van der Waals surface area contributed by atoms with Gasteiger partial charge in [0.1, 0.15) is 5.76 Å². The van der Waals surface area contributed by atoms with Gasteiger partial charge in [-0.3, -0.25) is 0 Å². The van der Waals surface area contributed by atoms with Crippen LogP contribution in [0.3, 0.4) is 0 Å². The molecule has 1 heterocycles. The van der Waals surface area contributed by atoms with Crippen LogP contribution < -0.4 is 5.32 Å². The smallest absolute Gasteiger partial charge is 0.193 e. The summed E-state index contributed by atoms with van der Waals surface area (Å²) in [5.74, 6) is 0.946. The Morgan fingerprint density at radius 3 is 2.94 bits per heavy atom. The fraction of sp³-hybridized carbons (Fsp3) is 0.600. The van der Waals surface area contributed by atoms with Crippen molar-refractivity contribution in [3.8, 4) is 0 Å². The maximum Gasteiger partial charge on any atom is 0.193 e. The van der Waals surface area contributed by atoms with Crippen LogP contribution in [0.2, 0.25) is 5.22 Å². The summed E-state index contributed by atoms with van der Waals surface area (Å²) in [6.45, 7) is 3.18. The van der Waals surface area contributed by atoms with E-state index in [4.69, 9.17) is 16.0 Å². The summed E-state index contributed by atoms with van der Waals surface area (Å²) in [6, 6.07) is 4.02. The molecule has 1 aliphatic carbocycles. The van der Waals surface area contributed by atoms with E-state index in [1.165, 1.54) is 37.7 Å². The van der Waals surface area contributed by atoms with Crippen molar-refractivity contribution in [2.75, 3.05) is 6.54 Å². The average molecular weight is 268 g/mol. The number of halogens is 1. The first kappa shape index (κ1) is 13.7. The molecule has 0 fully saturated rings. The summed E-state index contributed by atoms with van der Waals surface area (Å²) in [6.07, 6.45) is 9.79. The van der Waals surface area contributed by atoms with Gasteiger partial charge < -0.3 is 9.73 Å². The van der Waals surface area contributed by atoms with Crippen LogP contribution in [0.25, 0.3) is 0 Å². The summed E-state index contributed by atoms with van der Waals surface area (Å²) in [4.78, 5) is 0. The monoisotopic (exact) mass is 267 g/mol. The van der Waals surface area contributed by atoms with Crippen molar-refractivity contribution in [2.45, 2.75) is 51.5 Å². The largest absolute Gasteiger partial charge is 0.448 e. The fourth-order valence-corrected chi connectivity index (χ4v) is 2.64. The maximum absolute atomic E-state index is 5.90. The van der Waals surface area contributed by atoms with Gasteiger partial charge in [0, 0.05) is 0 Å². The molecule has 0 saturated heterocycles. The van der Waals surface area contributed by atoms with E-state index in [0.717, 1.165) is 18.7 Å². The lowest BCUT2D eigenvalue weighted by Crippen LogP contribution is -2.23. The van der Waals surface area contributed by atoms with Crippen LogP contribution in [-0.2, 0) is 0 Å². The third-order valence-electron chi connectivity index (χ3n) is 3.42. The molecule has 1 N–H and O–H groups in total. The molecule has 1 aromatic rings. The molecule has 0 saturated carbocycles. The molecule has 0 bridgehead atoms.